The van der Waals surface area contributed by atoms with E-state index in [0.29, 0.717) is 3.95 Å². The van der Waals surface area contributed by atoms with Crippen molar-refractivity contribution < 1.29 is 0 Å². The van der Waals surface area contributed by atoms with E-state index in [-0.39, 0.29) is 0 Å². The molecule has 0 fully saturated rings. The minimum Gasteiger partial charge on any atom is -0.271 e. The molecule has 16 heavy (non-hydrogen) atoms. The fourth-order valence-electron chi connectivity index (χ4n) is 1.42. The van der Waals surface area contributed by atoms with E-state index in [9.17, 15) is 0 Å². The van der Waals surface area contributed by atoms with Gasteiger partial charge in [0.1, 0.15) is 0 Å². The molecule has 2 heterocycles. The highest BCUT2D eigenvalue weighted by atomic mass is 79.9. The fourth-order valence-corrected chi connectivity index (χ4v) is 2.61. The first-order chi connectivity index (χ1) is 7.74. The Morgan fingerprint density at radius 3 is 2.75 bits per heavy atom. The molecule has 0 saturated heterocycles. The van der Waals surface area contributed by atoms with Gasteiger partial charge in [-0.25, -0.2) is 4.52 Å². The van der Waals surface area contributed by atoms with Crippen molar-refractivity contribution in [2.45, 2.75) is 0 Å². The zero-order valence-corrected chi connectivity index (χ0v) is 11.1. The molecule has 0 aliphatic heterocycles. The van der Waals surface area contributed by atoms with Crippen molar-refractivity contribution in [3.05, 3.63) is 32.7 Å². The van der Waals surface area contributed by atoms with Crippen LogP contribution < -0.4 is 0 Å². The Labute approximate surface area is 108 Å². The molecule has 0 unspecified atom stereocenters. The van der Waals surface area contributed by atoms with Gasteiger partial charge in [-0.2, -0.15) is 0 Å². The van der Waals surface area contributed by atoms with E-state index in [0.717, 1.165) is 20.8 Å². The van der Waals surface area contributed by atoms with Crippen molar-refractivity contribution in [1.29, 1.82) is 0 Å². The highest BCUT2D eigenvalue weighted by Gasteiger charge is 2.09. The molecular weight excluding hydrogens is 308 g/mol. The lowest BCUT2D eigenvalue weighted by atomic mass is 10.2. The lowest BCUT2D eigenvalue weighted by Gasteiger charge is -1.96. The summed E-state index contributed by atoms with van der Waals surface area (Å²) in [5, 5.41) is 11.2. The number of aromatic nitrogens is 4. The number of benzene rings is 1. The van der Waals surface area contributed by atoms with Gasteiger partial charge in [-0.15, -0.1) is 10.2 Å². The second-order valence-electron chi connectivity index (χ2n) is 3.15. The first kappa shape index (κ1) is 10.1. The Hall–Kier alpha value is -1.05. The van der Waals surface area contributed by atoms with E-state index >= 15 is 0 Å². The molecule has 3 rings (SSSR count). The van der Waals surface area contributed by atoms with Gasteiger partial charge in [0.2, 0.25) is 4.96 Å². The van der Waals surface area contributed by atoms with Crippen LogP contribution in [0.5, 0.6) is 0 Å². The zero-order valence-electron chi connectivity index (χ0n) is 7.85. The van der Waals surface area contributed by atoms with Crippen LogP contribution in [0.3, 0.4) is 0 Å². The molecule has 0 saturated carbocycles. The van der Waals surface area contributed by atoms with Gasteiger partial charge in [-0.1, -0.05) is 39.4 Å². The van der Waals surface area contributed by atoms with Crippen LogP contribution in [-0.4, -0.2) is 19.8 Å². The van der Waals surface area contributed by atoms with Crippen molar-refractivity contribution in [1.82, 2.24) is 19.8 Å². The van der Waals surface area contributed by atoms with Crippen LogP contribution in [0.15, 0.2) is 28.7 Å². The normalized spacial score (nSPS) is 11.1. The molecule has 1 aromatic carbocycles. The molecular formula is C9H5BrN4S2. The van der Waals surface area contributed by atoms with Crippen LogP contribution in [0.1, 0.15) is 0 Å². The van der Waals surface area contributed by atoms with E-state index in [4.69, 9.17) is 12.2 Å². The summed E-state index contributed by atoms with van der Waals surface area (Å²) in [6.45, 7) is 0. The van der Waals surface area contributed by atoms with Crippen molar-refractivity contribution >= 4 is 44.4 Å². The third-order valence-electron chi connectivity index (χ3n) is 2.12. The summed E-state index contributed by atoms with van der Waals surface area (Å²) in [6.07, 6.45) is 0. The maximum absolute atomic E-state index is 5.06. The second kappa shape index (κ2) is 3.76. The Kier molecular flexibility index (Phi) is 2.38. The zero-order chi connectivity index (χ0) is 11.1. The third-order valence-corrected chi connectivity index (χ3v) is 3.72. The molecule has 0 aliphatic carbocycles. The molecule has 0 aliphatic rings. The SMILES string of the molecule is S=c1[nH]n2c(-c3ccc(Br)cc3)nnc2s1. The minimum absolute atomic E-state index is 0.697. The van der Waals surface area contributed by atoms with Crippen LogP contribution in [0.4, 0.5) is 0 Å². The predicted molar refractivity (Wildman–Crippen MR) is 69.2 cm³/mol. The average molecular weight is 313 g/mol. The molecule has 7 heteroatoms. The Bertz CT molecular complexity index is 694. The average Bonchev–Trinajstić information content (AvgIpc) is 2.78. The Balaban J connectivity index is 2.25. The van der Waals surface area contributed by atoms with Crippen LogP contribution >= 0.6 is 39.5 Å². The third kappa shape index (κ3) is 1.60. The molecule has 0 atom stereocenters. The summed E-state index contributed by atoms with van der Waals surface area (Å²) >= 11 is 9.87. The number of H-pyrrole nitrogens is 1. The Morgan fingerprint density at radius 2 is 2.00 bits per heavy atom. The maximum Gasteiger partial charge on any atom is 0.234 e. The largest absolute Gasteiger partial charge is 0.271 e. The summed E-state index contributed by atoms with van der Waals surface area (Å²) < 4.78 is 3.54. The number of nitrogens with one attached hydrogen (secondary N) is 1. The fraction of sp³-hybridized carbons (Fsp3) is 0. The van der Waals surface area contributed by atoms with E-state index in [1.54, 1.807) is 4.52 Å². The van der Waals surface area contributed by atoms with E-state index in [2.05, 4.69) is 31.2 Å². The van der Waals surface area contributed by atoms with Crippen molar-refractivity contribution in [3.63, 3.8) is 0 Å². The van der Waals surface area contributed by atoms with Gasteiger partial charge < -0.3 is 0 Å². The molecule has 0 bridgehead atoms. The molecule has 0 radical (unpaired) electrons. The molecule has 0 spiro atoms. The lowest BCUT2D eigenvalue weighted by molar-refractivity contribution is 0.958. The smallest absolute Gasteiger partial charge is 0.234 e. The number of nitrogens with zero attached hydrogens (tertiary/aromatic N) is 3. The van der Waals surface area contributed by atoms with Crippen molar-refractivity contribution in [2.75, 3.05) is 0 Å². The van der Waals surface area contributed by atoms with Gasteiger partial charge >= 0.3 is 0 Å². The topological polar surface area (TPSA) is 46.0 Å². The number of hydrogen-bond donors (Lipinski definition) is 1. The van der Waals surface area contributed by atoms with Gasteiger partial charge in [0.05, 0.1) is 0 Å². The number of rotatable bonds is 1. The van der Waals surface area contributed by atoms with Gasteiger partial charge in [-0.3, -0.25) is 5.10 Å². The van der Waals surface area contributed by atoms with E-state index in [1.165, 1.54) is 11.3 Å². The molecule has 0 amide bonds. The number of hydrogen-bond acceptors (Lipinski definition) is 4. The highest BCUT2D eigenvalue weighted by Crippen LogP contribution is 2.21. The van der Waals surface area contributed by atoms with Gasteiger partial charge in [-0.05, 0) is 24.4 Å². The summed E-state index contributed by atoms with van der Waals surface area (Å²) in [5.74, 6) is 0.773. The highest BCUT2D eigenvalue weighted by molar-refractivity contribution is 9.10. The summed E-state index contributed by atoms with van der Waals surface area (Å²) in [5.41, 5.74) is 1.000. The number of fused-ring (bicyclic) bond motifs is 1. The molecule has 3 aromatic rings. The standard InChI is InChI=1S/C9H5BrN4S2/c10-6-3-1-5(2-4-6)7-11-12-8-14(7)13-9(15)16-8/h1-4H,(H,13,15). The van der Waals surface area contributed by atoms with Crippen molar-refractivity contribution in [3.8, 4) is 11.4 Å². The van der Waals surface area contributed by atoms with E-state index in [1.807, 2.05) is 24.3 Å². The first-order valence-electron chi connectivity index (χ1n) is 4.44. The van der Waals surface area contributed by atoms with Crippen LogP contribution in [0.25, 0.3) is 16.3 Å². The van der Waals surface area contributed by atoms with E-state index < -0.39 is 0 Å². The monoisotopic (exact) mass is 312 g/mol. The summed E-state index contributed by atoms with van der Waals surface area (Å²) in [6, 6.07) is 7.90. The van der Waals surface area contributed by atoms with Crippen molar-refractivity contribution in [2.24, 2.45) is 0 Å². The van der Waals surface area contributed by atoms with Gasteiger partial charge in [0.25, 0.3) is 0 Å². The lowest BCUT2D eigenvalue weighted by Crippen LogP contribution is -1.89. The van der Waals surface area contributed by atoms with Gasteiger partial charge in [0, 0.05) is 10.0 Å². The van der Waals surface area contributed by atoms with Gasteiger partial charge in [0.15, 0.2) is 9.78 Å². The number of aromatic amines is 1. The van der Waals surface area contributed by atoms with Crippen LogP contribution in [0.2, 0.25) is 0 Å². The van der Waals surface area contributed by atoms with Crippen LogP contribution in [-0.2, 0) is 0 Å². The second-order valence-corrected chi connectivity index (χ2v) is 5.71. The molecule has 80 valence electrons. The minimum atomic E-state index is 0.697. The predicted octanol–water partition coefficient (Wildman–Crippen LogP) is 3.28. The maximum atomic E-state index is 5.06. The number of halogens is 1. The molecule has 2 aromatic heterocycles. The summed E-state index contributed by atoms with van der Waals surface area (Å²) in [4.78, 5) is 0.780. The summed E-state index contributed by atoms with van der Waals surface area (Å²) in [7, 11) is 0. The quantitative estimate of drug-likeness (QED) is 0.701. The molecule has 4 nitrogen and oxygen atoms in total. The van der Waals surface area contributed by atoms with Crippen LogP contribution in [0, 0.1) is 3.95 Å². The molecule has 1 N–H and O–H groups in total. The Morgan fingerprint density at radius 1 is 1.25 bits per heavy atom. The first-order valence-corrected chi connectivity index (χ1v) is 6.46.